The molecule has 0 fully saturated rings. The van der Waals surface area contributed by atoms with Gasteiger partial charge in [-0.05, 0) is 26.0 Å². The van der Waals surface area contributed by atoms with E-state index < -0.39 is 12.3 Å². The summed E-state index contributed by atoms with van der Waals surface area (Å²) in [5.74, 6) is -0.849. The second-order valence-electron chi connectivity index (χ2n) is 2.75. The van der Waals surface area contributed by atoms with Crippen molar-refractivity contribution in [1.82, 2.24) is 0 Å². The molecule has 0 bridgehead atoms. The van der Waals surface area contributed by atoms with Gasteiger partial charge in [0.1, 0.15) is 0 Å². The molecular weight excluding hydrogens is 200 g/mol. The van der Waals surface area contributed by atoms with Crippen molar-refractivity contribution in [2.75, 3.05) is 13.2 Å². The summed E-state index contributed by atoms with van der Waals surface area (Å²) in [5.41, 5.74) is 0. The maximum absolute atomic E-state index is 10.6. The van der Waals surface area contributed by atoms with Gasteiger partial charge in [-0.15, -0.1) is 0 Å². The van der Waals surface area contributed by atoms with E-state index in [2.05, 4.69) is 0 Å². The Morgan fingerprint density at radius 3 is 2.40 bits per heavy atom. The molecule has 0 aliphatic heterocycles. The zero-order chi connectivity index (χ0) is 11.3. The minimum absolute atomic E-state index is 0.116. The van der Waals surface area contributed by atoms with Crippen LogP contribution in [0.2, 0.25) is 0 Å². The number of rotatable bonds is 6. The largest absolute Gasteiger partial charge is 0.475 e. The summed E-state index contributed by atoms with van der Waals surface area (Å²) in [7, 11) is 0. The van der Waals surface area contributed by atoms with Crippen LogP contribution in [0.5, 0.6) is 0 Å². The first-order chi connectivity index (χ1) is 7.19. The molecule has 1 aromatic heterocycles. The zero-order valence-corrected chi connectivity index (χ0v) is 8.73. The third-order valence-corrected chi connectivity index (χ3v) is 1.71. The number of carboxylic acids is 1. The Bertz CT molecular complexity index is 311. The number of carboxylic acid groups (broad SMARTS) is 1. The molecular formula is C10H14O5. The van der Waals surface area contributed by atoms with Gasteiger partial charge in [0.2, 0.25) is 12.1 Å². The Morgan fingerprint density at radius 1 is 1.40 bits per heavy atom. The van der Waals surface area contributed by atoms with E-state index in [1.54, 1.807) is 6.07 Å². The summed E-state index contributed by atoms with van der Waals surface area (Å²) in [4.78, 5) is 10.6. The van der Waals surface area contributed by atoms with E-state index in [0.29, 0.717) is 19.0 Å². The third-order valence-electron chi connectivity index (χ3n) is 1.71. The Hall–Kier alpha value is -1.33. The van der Waals surface area contributed by atoms with Crippen LogP contribution in [0, 0.1) is 0 Å². The van der Waals surface area contributed by atoms with E-state index in [1.807, 2.05) is 13.8 Å². The van der Waals surface area contributed by atoms with Crippen molar-refractivity contribution in [2.45, 2.75) is 20.1 Å². The number of carbonyl (C=O) groups is 1. The van der Waals surface area contributed by atoms with Gasteiger partial charge < -0.3 is 19.0 Å². The van der Waals surface area contributed by atoms with Crippen molar-refractivity contribution in [3.05, 3.63) is 23.7 Å². The lowest BCUT2D eigenvalue weighted by molar-refractivity contribution is -0.150. The summed E-state index contributed by atoms with van der Waals surface area (Å²) in [6.07, 6.45) is -0.631. The second kappa shape index (κ2) is 5.53. The molecule has 1 heterocycles. The molecule has 0 saturated carbocycles. The maximum Gasteiger partial charge on any atom is 0.371 e. The van der Waals surface area contributed by atoms with Gasteiger partial charge in [0.15, 0.2) is 5.76 Å². The lowest BCUT2D eigenvalue weighted by atomic mass is 10.4. The van der Waals surface area contributed by atoms with E-state index in [-0.39, 0.29) is 5.76 Å². The van der Waals surface area contributed by atoms with Crippen LogP contribution in [0.1, 0.15) is 36.5 Å². The summed E-state index contributed by atoms with van der Waals surface area (Å²) < 4.78 is 15.6. The fourth-order valence-corrected chi connectivity index (χ4v) is 1.11. The zero-order valence-electron chi connectivity index (χ0n) is 8.73. The third kappa shape index (κ3) is 3.07. The molecule has 5 heteroatoms. The van der Waals surface area contributed by atoms with Crippen LogP contribution in [0.25, 0.3) is 0 Å². The van der Waals surface area contributed by atoms with Crippen molar-refractivity contribution >= 4 is 5.97 Å². The van der Waals surface area contributed by atoms with Crippen molar-refractivity contribution in [1.29, 1.82) is 0 Å². The summed E-state index contributed by atoms with van der Waals surface area (Å²) in [5, 5.41) is 8.66. The molecule has 0 amide bonds. The standard InChI is InChI=1S/C10H14O5/c1-3-13-10(14-4-2)8-6-5-7(15-8)9(11)12/h5-6,10H,3-4H2,1-2H3,(H,11,12). The van der Waals surface area contributed by atoms with Crippen LogP contribution in [-0.2, 0) is 9.47 Å². The quantitative estimate of drug-likeness (QED) is 0.734. The fraction of sp³-hybridized carbons (Fsp3) is 0.500. The van der Waals surface area contributed by atoms with Crippen molar-refractivity contribution < 1.29 is 23.8 Å². The van der Waals surface area contributed by atoms with Crippen molar-refractivity contribution in [2.24, 2.45) is 0 Å². The molecule has 0 aromatic carbocycles. The molecule has 5 nitrogen and oxygen atoms in total. The molecule has 0 unspecified atom stereocenters. The number of aromatic carboxylic acids is 1. The van der Waals surface area contributed by atoms with Gasteiger partial charge in [-0.25, -0.2) is 4.79 Å². The SMILES string of the molecule is CCOC(OCC)c1ccc(C(=O)O)o1. The molecule has 1 rings (SSSR count). The lowest BCUT2D eigenvalue weighted by Gasteiger charge is -2.13. The lowest BCUT2D eigenvalue weighted by Crippen LogP contribution is -2.07. The molecule has 84 valence electrons. The van der Waals surface area contributed by atoms with E-state index in [4.69, 9.17) is 19.0 Å². The van der Waals surface area contributed by atoms with Crippen LogP contribution >= 0.6 is 0 Å². The van der Waals surface area contributed by atoms with Crippen molar-refractivity contribution in [3.63, 3.8) is 0 Å². The van der Waals surface area contributed by atoms with E-state index >= 15 is 0 Å². The Labute approximate surface area is 87.6 Å². The molecule has 0 atom stereocenters. The molecule has 0 saturated heterocycles. The molecule has 0 aliphatic carbocycles. The molecule has 0 aliphatic rings. The first-order valence-electron chi connectivity index (χ1n) is 4.75. The number of ether oxygens (including phenoxy) is 2. The Balaban J connectivity index is 2.76. The van der Waals surface area contributed by atoms with E-state index in [1.165, 1.54) is 6.07 Å². The second-order valence-corrected chi connectivity index (χ2v) is 2.75. The fourth-order valence-electron chi connectivity index (χ4n) is 1.11. The highest BCUT2D eigenvalue weighted by Crippen LogP contribution is 2.21. The highest BCUT2D eigenvalue weighted by atomic mass is 16.7. The van der Waals surface area contributed by atoms with Gasteiger partial charge in [0, 0.05) is 13.2 Å². The van der Waals surface area contributed by atoms with Crippen LogP contribution in [0.15, 0.2) is 16.5 Å². The minimum atomic E-state index is -1.10. The van der Waals surface area contributed by atoms with Gasteiger partial charge in [-0.2, -0.15) is 0 Å². The first-order valence-corrected chi connectivity index (χ1v) is 4.75. The Kier molecular flexibility index (Phi) is 4.33. The summed E-state index contributed by atoms with van der Waals surface area (Å²) in [6.45, 7) is 4.58. The molecule has 1 N–H and O–H groups in total. The summed E-state index contributed by atoms with van der Waals surface area (Å²) in [6, 6.07) is 2.92. The minimum Gasteiger partial charge on any atom is -0.475 e. The van der Waals surface area contributed by atoms with Gasteiger partial charge in [0.25, 0.3) is 0 Å². The first kappa shape index (κ1) is 11.7. The average Bonchev–Trinajstić information content (AvgIpc) is 2.66. The average molecular weight is 214 g/mol. The van der Waals surface area contributed by atoms with Crippen LogP contribution in [-0.4, -0.2) is 24.3 Å². The van der Waals surface area contributed by atoms with E-state index in [0.717, 1.165) is 0 Å². The molecule has 15 heavy (non-hydrogen) atoms. The highest BCUT2D eigenvalue weighted by molar-refractivity contribution is 5.84. The molecule has 0 radical (unpaired) electrons. The normalized spacial score (nSPS) is 10.9. The number of hydrogen-bond acceptors (Lipinski definition) is 4. The number of furan rings is 1. The van der Waals surface area contributed by atoms with Gasteiger partial charge in [-0.3, -0.25) is 0 Å². The van der Waals surface area contributed by atoms with Crippen LogP contribution < -0.4 is 0 Å². The predicted molar refractivity (Wildman–Crippen MR) is 51.7 cm³/mol. The highest BCUT2D eigenvalue weighted by Gasteiger charge is 2.18. The molecule has 0 spiro atoms. The maximum atomic E-state index is 10.6. The van der Waals surface area contributed by atoms with E-state index in [9.17, 15) is 4.79 Å². The van der Waals surface area contributed by atoms with Gasteiger partial charge in [-0.1, -0.05) is 0 Å². The summed E-state index contributed by atoms with van der Waals surface area (Å²) >= 11 is 0. The monoisotopic (exact) mass is 214 g/mol. The Morgan fingerprint density at radius 2 is 2.00 bits per heavy atom. The van der Waals surface area contributed by atoms with Crippen molar-refractivity contribution in [3.8, 4) is 0 Å². The van der Waals surface area contributed by atoms with Crippen LogP contribution in [0.3, 0.4) is 0 Å². The van der Waals surface area contributed by atoms with Crippen LogP contribution in [0.4, 0.5) is 0 Å². The predicted octanol–water partition coefficient (Wildman–Crippen LogP) is 2.05. The topological polar surface area (TPSA) is 68.9 Å². The smallest absolute Gasteiger partial charge is 0.371 e. The van der Waals surface area contributed by atoms with Gasteiger partial charge >= 0.3 is 5.97 Å². The molecule has 1 aromatic rings. The number of hydrogen-bond donors (Lipinski definition) is 1. The van der Waals surface area contributed by atoms with Gasteiger partial charge in [0.05, 0.1) is 0 Å².